The molecule has 0 aliphatic heterocycles. The molecule has 0 fully saturated rings. The SMILES string of the molecule is CO/N=C(\C)CNC(=O)c1ccc(-c2noc(C(F)(F)F)n2)cc1F. The van der Waals surface area contributed by atoms with Gasteiger partial charge in [-0.25, -0.2) is 4.39 Å². The zero-order chi connectivity index (χ0) is 18.6. The predicted molar refractivity (Wildman–Crippen MR) is 77.1 cm³/mol. The summed E-state index contributed by atoms with van der Waals surface area (Å²) < 4.78 is 55.4. The zero-order valence-corrected chi connectivity index (χ0v) is 13.0. The van der Waals surface area contributed by atoms with Gasteiger partial charge in [-0.15, -0.1) is 0 Å². The maximum absolute atomic E-state index is 14.1. The Balaban J connectivity index is 2.16. The molecular weight excluding hydrogens is 348 g/mol. The molecule has 2 rings (SSSR count). The van der Waals surface area contributed by atoms with Crippen LogP contribution in [0.15, 0.2) is 27.9 Å². The summed E-state index contributed by atoms with van der Waals surface area (Å²) in [6, 6.07) is 3.15. The first-order valence-corrected chi connectivity index (χ1v) is 6.78. The maximum atomic E-state index is 14.1. The lowest BCUT2D eigenvalue weighted by molar-refractivity contribution is -0.159. The predicted octanol–water partition coefficient (Wildman–Crippen LogP) is 2.65. The van der Waals surface area contributed by atoms with Gasteiger partial charge in [-0.3, -0.25) is 4.79 Å². The van der Waals surface area contributed by atoms with Crippen LogP contribution in [-0.4, -0.2) is 35.4 Å². The van der Waals surface area contributed by atoms with Crippen LogP contribution in [-0.2, 0) is 11.0 Å². The summed E-state index contributed by atoms with van der Waals surface area (Å²) in [4.78, 5) is 19.6. The fourth-order valence-corrected chi connectivity index (χ4v) is 1.79. The van der Waals surface area contributed by atoms with E-state index in [0.29, 0.717) is 5.71 Å². The van der Waals surface area contributed by atoms with Crippen molar-refractivity contribution < 1.29 is 31.7 Å². The second-order valence-electron chi connectivity index (χ2n) is 4.81. The van der Waals surface area contributed by atoms with E-state index in [-0.39, 0.29) is 17.7 Å². The number of rotatable bonds is 5. The van der Waals surface area contributed by atoms with Gasteiger partial charge in [0.2, 0.25) is 5.82 Å². The van der Waals surface area contributed by atoms with Crippen LogP contribution >= 0.6 is 0 Å². The lowest BCUT2D eigenvalue weighted by Gasteiger charge is -2.06. The molecule has 1 heterocycles. The first kappa shape index (κ1) is 18.4. The van der Waals surface area contributed by atoms with E-state index in [1.165, 1.54) is 13.2 Å². The Hall–Kier alpha value is -2.98. The monoisotopic (exact) mass is 360 g/mol. The van der Waals surface area contributed by atoms with E-state index in [2.05, 4.69) is 30.0 Å². The van der Waals surface area contributed by atoms with Crippen molar-refractivity contribution >= 4 is 11.6 Å². The number of halogens is 4. The molecule has 2 aromatic rings. The molecule has 0 spiro atoms. The molecule has 0 saturated heterocycles. The Morgan fingerprint density at radius 1 is 1.40 bits per heavy atom. The third kappa shape index (κ3) is 4.52. The van der Waals surface area contributed by atoms with Crippen LogP contribution in [0.5, 0.6) is 0 Å². The molecule has 1 N–H and O–H groups in total. The third-order valence-electron chi connectivity index (χ3n) is 2.89. The Bertz CT molecular complexity index is 802. The highest BCUT2D eigenvalue weighted by Crippen LogP contribution is 2.29. The number of hydrogen-bond acceptors (Lipinski definition) is 6. The van der Waals surface area contributed by atoms with Crippen LogP contribution in [0.3, 0.4) is 0 Å². The van der Waals surface area contributed by atoms with Gasteiger partial charge < -0.3 is 14.7 Å². The van der Waals surface area contributed by atoms with E-state index in [9.17, 15) is 22.4 Å². The van der Waals surface area contributed by atoms with Gasteiger partial charge in [0, 0.05) is 5.56 Å². The van der Waals surface area contributed by atoms with Crippen LogP contribution in [0.1, 0.15) is 23.2 Å². The van der Waals surface area contributed by atoms with Gasteiger partial charge in [0.05, 0.1) is 17.8 Å². The largest absolute Gasteiger partial charge is 0.471 e. The van der Waals surface area contributed by atoms with Crippen molar-refractivity contribution in [2.24, 2.45) is 5.16 Å². The maximum Gasteiger partial charge on any atom is 0.471 e. The molecule has 25 heavy (non-hydrogen) atoms. The molecule has 1 amide bonds. The molecule has 0 radical (unpaired) electrons. The minimum atomic E-state index is -4.80. The molecule has 0 aliphatic rings. The van der Waals surface area contributed by atoms with Gasteiger partial charge in [-0.05, 0) is 19.1 Å². The number of nitrogens with one attached hydrogen (secondary N) is 1. The molecule has 7 nitrogen and oxygen atoms in total. The Morgan fingerprint density at radius 2 is 2.12 bits per heavy atom. The summed E-state index contributed by atoms with van der Waals surface area (Å²) in [6.45, 7) is 1.63. The molecule has 1 aromatic carbocycles. The van der Waals surface area contributed by atoms with E-state index in [1.54, 1.807) is 6.92 Å². The molecule has 134 valence electrons. The van der Waals surface area contributed by atoms with Crippen molar-refractivity contribution in [1.82, 2.24) is 15.5 Å². The summed E-state index contributed by atoms with van der Waals surface area (Å²) >= 11 is 0. The molecule has 1 aromatic heterocycles. The van der Waals surface area contributed by atoms with Crippen molar-refractivity contribution in [3.63, 3.8) is 0 Å². The van der Waals surface area contributed by atoms with E-state index in [1.807, 2.05) is 0 Å². The lowest BCUT2D eigenvalue weighted by atomic mass is 10.1. The second kappa shape index (κ2) is 7.28. The minimum absolute atomic E-state index is 0.0354. The smallest absolute Gasteiger partial charge is 0.399 e. The average Bonchev–Trinajstić information content (AvgIpc) is 3.03. The zero-order valence-electron chi connectivity index (χ0n) is 13.0. The molecule has 0 atom stereocenters. The standard InChI is InChI=1S/C14H12F4N4O3/c1-7(21-24-2)6-19-12(23)9-4-3-8(5-10(9)15)11-20-13(25-22-11)14(16,17)18/h3-5H,6H2,1-2H3,(H,19,23)/b21-7+. The van der Waals surface area contributed by atoms with Crippen LogP contribution < -0.4 is 5.32 Å². The normalized spacial score (nSPS) is 12.2. The van der Waals surface area contributed by atoms with Gasteiger partial charge >= 0.3 is 12.1 Å². The highest BCUT2D eigenvalue weighted by atomic mass is 19.4. The summed E-state index contributed by atoms with van der Waals surface area (Å²) in [7, 11) is 1.34. The first-order chi connectivity index (χ1) is 11.7. The first-order valence-electron chi connectivity index (χ1n) is 6.78. The Kier molecular flexibility index (Phi) is 5.35. The topological polar surface area (TPSA) is 89.6 Å². The average molecular weight is 360 g/mol. The lowest BCUT2D eigenvalue weighted by Crippen LogP contribution is -2.29. The van der Waals surface area contributed by atoms with Crippen molar-refractivity contribution in [1.29, 1.82) is 0 Å². The number of carbonyl (C=O) groups is 1. The summed E-state index contributed by atoms with van der Waals surface area (Å²) in [5.74, 6) is -3.66. The van der Waals surface area contributed by atoms with Crippen molar-refractivity contribution in [3.8, 4) is 11.4 Å². The van der Waals surface area contributed by atoms with E-state index in [0.717, 1.165) is 12.1 Å². The molecule has 0 aliphatic carbocycles. The number of amides is 1. The van der Waals surface area contributed by atoms with Gasteiger partial charge in [-0.2, -0.15) is 18.2 Å². The van der Waals surface area contributed by atoms with Crippen molar-refractivity contribution in [2.45, 2.75) is 13.1 Å². The second-order valence-corrected chi connectivity index (χ2v) is 4.81. The summed E-state index contributed by atoms with van der Waals surface area (Å²) in [5.41, 5.74) is 0.0956. The molecule has 0 unspecified atom stereocenters. The molecule has 0 bridgehead atoms. The number of oxime groups is 1. The number of carbonyl (C=O) groups excluding carboxylic acids is 1. The third-order valence-corrected chi connectivity index (χ3v) is 2.89. The molecule has 0 saturated carbocycles. The quantitative estimate of drug-likeness (QED) is 0.503. The van der Waals surface area contributed by atoms with Crippen LogP contribution in [0.2, 0.25) is 0 Å². The van der Waals surface area contributed by atoms with Gasteiger partial charge in [0.15, 0.2) is 0 Å². The van der Waals surface area contributed by atoms with E-state index >= 15 is 0 Å². The van der Waals surface area contributed by atoms with Crippen LogP contribution in [0.4, 0.5) is 17.6 Å². The fourth-order valence-electron chi connectivity index (χ4n) is 1.79. The van der Waals surface area contributed by atoms with Crippen molar-refractivity contribution in [2.75, 3.05) is 13.7 Å². The van der Waals surface area contributed by atoms with Gasteiger partial charge in [0.25, 0.3) is 5.91 Å². The minimum Gasteiger partial charge on any atom is -0.399 e. The highest BCUT2D eigenvalue weighted by Gasteiger charge is 2.38. The van der Waals surface area contributed by atoms with Gasteiger partial charge in [-0.1, -0.05) is 16.4 Å². The fraction of sp³-hybridized carbons (Fsp3) is 0.286. The van der Waals surface area contributed by atoms with E-state index < -0.39 is 29.6 Å². The Morgan fingerprint density at radius 3 is 2.68 bits per heavy atom. The highest BCUT2D eigenvalue weighted by molar-refractivity contribution is 5.97. The number of benzene rings is 1. The van der Waals surface area contributed by atoms with E-state index in [4.69, 9.17) is 0 Å². The summed E-state index contributed by atoms with van der Waals surface area (Å²) in [5, 5.41) is 9.14. The number of alkyl halides is 3. The van der Waals surface area contributed by atoms with Crippen LogP contribution in [0.25, 0.3) is 11.4 Å². The van der Waals surface area contributed by atoms with Gasteiger partial charge in [0.1, 0.15) is 12.9 Å². The van der Waals surface area contributed by atoms with Crippen LogP contribution in [0, 0.1) is 5.82 Å². The van der Waals surface area contributed by atoms with Crippen molar-refractivity contribution in [3.05, 3.63) is 35.5 Å². The number of hydrogen-bond donors (Lipinski definition) is 1. The molecule has 11 heteroatoms. The molecular formula is C14H12F4N4O3. The Labute approximate surface area is 138 Å². The number of aromatic nitrogens is 2. The summed E-state index contributed by atoms with van der Waals surface area (Å²) in [6.07, 6.45) is -4.80. The number of nitrogens with zero attached hydrogens (tertiary/aromatic N) is 3.